The van der Waals surface area contributed by atoms with Crippen molar-refractivity contribution in [1.82, 2.24) is 0 Å². The first-order chi connectivity index (χ1) is 11.1. The van der Waals surface area contributed by atoms with Gasteiger partial charge in [-0.15, -0.1) is 0 Å². The molecule has 0 radical (unpaired) electrons. The van der Waals surface area contributed by atoms with Crippen LogP contribution in [0.1, 0.15) is 79.6 Å². The van der Waals surface area contributed by atoms with Gasteiger partial charge in [0.15, 0.2) is 0 Å². The summed E-state index contributed by atoms with van der Waals surface area (Å²) >= 11 is 0. The largest absolute Gasteiger partial charge is 0.506 e. The number of rotatable bonds is 4. The quantitative estimate of drug-likeness (QED) is 0.485. The van der Waals surface area contributed by atoms with Crippen LogP contribution in [-0.2, 0) is 4.74 Å². The summed E-state index contributed by atoms with van der Waals surface area (Å²) in [7, 11) is 0. The Balaban J connectivity index is 2.41. The molecular weight excluding hydrogens is 300 g/mol. The molecule has 0 spiro atoms. The van der Waals surface area contributed by atoms with Crippen LogP contribution in [0.3, 0.4) is 0 Å². The summed E-state index contributed by atoms with van der Waals surface area (Å²) in [5.74, 6) is 1.57. The van der Waals surface area contributed by atoms with Crippen molar-refractivity contribution in [2.24, 2.45) is 29.1 Å². The van der Waals surface area contributed by atoms with Gasteiger partial charge >= 0.3 is 6.16 Å². The molecule has 2 fully saturated rings. The van der Waals surface area contributed by atoms with Crippen LogP contribution in [0, 0.1) is 29.1 Å². The molecule has 5 unspecified atom stereocenters. The van der Waals surface area contributed by atoms with E-state index in [1.165, 1.54) is 12.8 Å². The number of carbonyl (C=O) groups is 1. The van der Waals surface area contributed by atoms with Gasteiger partial charge in [-0.1, -0.05) is 46.3 Å². The van der Waals surface area contributed by atoms with Gasteiger partial charge in [-0.25, -0.2) is 4.79 Å². The van der Waals surface area contributed by atoms with Gasteiger partial charge in [0.1, 0.15) is 5.60 Å². The molecule has 5 atom stereocenters. The highest BCUT2D eigenvalue weighted by Crippen LogP contribution is 2.55. The Hall–Kier alpha value is -0.990. The number of carboxylic acid groups (broad SMARTS) is 1. The Kier molecular flexibility index (Phi) is 5.71. The fraction of sp³-hybridized carbons (Fsp3) is 0.857. The highest BCUT2D eigenvalue weighted by molar-refractivity contribution is 5.58. The molecule has 1 N–H and O–H groups in total. The van der Waals surface area contributed by atoms with E-state index in [2.05, 4.69) is 34.3 Å². The molecule has 2 saturated carbocycles. The van der Waals surface area contributed by atoms with Crippen molar-refractivity contribution in [1.29, 1.82) is 0 Å². The standard InChI is InChI=1S/C21H36O3/c1-14(2)18-10-9-16(5)12-21(18,24-19(22)23)17-8-7-11-20(6,13-17)15(3)4/h15-18H,1,7-13H2,2-6H3,(H,22,23). The molecule has 0 aromatic carbocycles. The Morgan fingerprint density at radius 3 is 2.46 bits per heavy atom. The Bertz CT molecular complexity index is 483. The fourth-order valence-corrected chi connectivity index (χ4v) is 5.42. The molecule has 0 aliphatic heterocycles. The van der Waals surface area contributed by atoms with Crippen molar-refractivity contribution < 1.29 is 14.6 Å². The lowest BCUT2D eigenvalue weighted by Crippen LogP contribution is -2.55. The third-order valence-electron chi connectivity index (χ3n) is 7.18. The zero-order valence-electron chi connectivity index (χ0n) is 16.2. The summed E-state index contributed by atoms with van der Waals surface area (Å²) in [6, 6.07) is 0. The van der Waals surface area contributed by atoms with Gasteiger partial charge in [-0.3, -0.25) is 0 Å². The predicted octanol–water partition coefficient (Wildman–Crippen LogP) is 6.28. The lowest BCUT2D eigenvalue weighted by Gasteiger charge is -2.54. The molecule has 2 aliphatic rings. The summed E-state index contributed by atoms with van der Waals surface area (Å²) in [5.41, 5.74) is 0.782. The summed E-state index contributed by atoms with van der Waals surface area (Å²) in [5, 5.41) is 9.53. The Morgan fingerprint density at radius 1 is 1.25 bits per heavy atom. The van der Waals surface area contributed by atoms with E-state index < -0.39 is 11.8 Å². The maximum atomic E-state index is 11.6. The van der Waals surface area contributed by atoms with Crippen LogP contribution in [-0.4, -0.2) is 16.9 Å². The highest BCUT2D eigenvalue weighted by Gasteiger charge is 2.54. The summed E-state index contributed by atoms with van der Waals surface area (Å²) in [6.45, 7) is 15.5. The van der Waals surface area contributed by atoms with Gasteiger partial charge in [-0.2, -0.15) is 0 Å². The minimum absolute atomic E-state index is 0.157. The van der Waals surface area contributed by atoms with Gasteiger partial charge in [0, 0.05) is 11.8 Å². The van der Waals surface area contributed by atoms with Crippen LogP contribution in [0.2, 0.25) is 0 Å². The van der Waals surface area contributed by atoms with E-state index in [1.807, 2.05) is 6.92 Å². The molecule has 24 heavy (non-hydrogen) atoms. The SMILES string of the molecule is C=C(C)C1CCC(C)CC1(OC(=O)O)C1CCCC(C)(C(C)C)C1. The number of ether oxygens (including phenoxy) is 1. The van der Waals surface area contributed by atoms with Crippen LogP contribution < -0.4 is 0 Å². The van der Waals surface area contributed by atoms with Gasteiger partial charge < -0.3 is 9.84 Å². The molecule has 0 bridgehead atoms. The van der Waals surface area contributed by atoms with Crippen LogP contribution in [0.15, 0.2) is 12.2 Å². The average molecular weight is 337 g/mol. The van der Waals surface area contributed by atoms with Crippen molar-refractivity contribution in [2.45, 2.75) is 85.2 Å². The molecule has 0 aromatic heterocycles. The zero-order chi connectivity index (χ0) is 18.1. The zero-order valence-corrected chi connectivity index (χ0v) is 16.2. The van der Waals surface area contributed by atoms with Crippen LogP contribution in [0.4, 0.5) is 4.79 Å². The Morgan fingerprint density at radius 2 is 1.92 bits per heavy atom. The van der Waals surface area contributed by atoms with Crippen molar-refractivity contribution in [2.75, 3.05) is 0 Å². The molecule has 0 heterocycles. The van der Waals surface area contributed by atoms with E-state index in [4.69, 9.17) is 4.74 Å². The lowest BCUT2D eigenvalue weighted by molar-refractivity contribution is -0.137. The molecule has 0 aromatic rings. The van der Waals surface area contributed by atoms with E-state index in [0.717, 1.165) is 37.7 Å². The van der Waals surface area contributed by atoms with Crippen LogP contribution in [0.5, 0.6) is 0 Å². The first-order valence-corrected chi connectivity index (χ1v) is 9.68. The third kappa shape index (κ3) is 3.65. The Labute approximate surface area is 147 Å². The molecule has 2 aliphatic carbocycles. The van der Waals surface area contributed by atoms with E-state index in [1.54, 1.807) is 0 Å². The topological polar surface area (TPSA) is 46.5 Å². The highest BCUT2D eigenvalue weighted by atomic mass is 16.7. The molecule has 2 rings (SSSR count). The van der Waals surface area contributed by atoms with Gasteiger partial charge in [0.2, 0.25) is 0 Å². The van der Waals surface area contributed by atoms with Crippen LogP contribution in [0.25, 0.3) is 0 Å². The molecule has 138 valence electrons. The monoisotopic (exact) mass is 336 g/mol. The maximum Gasteiger partial charge on any atom is 0.506 e. The van der Waals surface area contributed by atoms with E-state index in [-0.39, 0.29) is 11.3 Å². The molecule has 3 heteroatoms. The number of hydrogen-bond acceptors (Lipinski definition) is 2. The first kappa shape index (κ1) is 19.3. The van der Waals surface area contributed by atoms with Gasteiger partial charge in [0.25, 0.3) is 0 Å². The smallest absolute Gasteiger partial charge is 0.450 e. The second kappa shape index (κ2) is 7.09. The van der Waals surface area contributed by atoms with Crippen LogP contribution >= 0.6 is 0 Å². The van der Waals surface area contributed by atoms with Gasteiger partial charge in [-0.05, 0) is 62.7 Å². The van der Waals surface area contributed by atoms with E-state index in [0.29, 0.717) is 17.8 Å². The molecule has 0 saturated heterocycles. The van der Waals surface area contributed by atoms with Gasteiger partial charge in [0.05, 0.1) is 0 Å². The first-order valence-electron chi connectivity index (χ1n) is 9.68. The number of hydrogen-bond donors (Lipinski definition) is 1. The minimum atomic E-state index is -1.12. The van der Waals surface area contributed by atoms with Crippen molar-refractivity contribution in [3.63, 3.8) is 0 Å². The summed E-state index contributed by atoms with van der Waals surface area (Å²) in [4.78, 5) is 11.6. The minimum Gasteiger partial charge on any atom is -0.450 e. The van der Waals surface area contributed by atoms with Crippen molar-refractivity contribution in [3.8, 4) is 0 Å². The maximum absolute atomic E-state index is 11.6. The van der Waals surface area contributed by atoms with Crippen molar-refractivity contribution in [3.05, 3.63) is 12.2 Å². The predicted molar refractivity (Wildman–Crippen MR) is 98.1 cm³/mol. The second-order valence-corrected chi connectivity index (χ2v) is 9.21. The van der Waals surface area contributed by atoms with E-state index >= 15 is 0 Å². The summed E-state index contributed by atoms with van der Waals surface area (Å²) in [6.07, 6.45) is 6.40. The fourth-order valence-electron chi connectivity index (χ4n) is 5.42. The molecule has 3 nitrogen and oxygen atoms in total. The summed E-state index contributed by atoms with van der Waals surface area (Å²) < 4.78 is 5.79. The molecule has 0 amide bonds. The normalized spacial score (nSPS) is 40.3. The van der Waals surface area contributed by atoms with Crippen molar-refractivity contribution >= 4 is 6.16 Å². The average Bonchev–Trinajstić information content (AvgIpc) is 2.46. The third-order valence-corrected chi connectivity index (χ3v) is 7.18. The van der Waals surface area contributed by atoms with E-state index in [9.17, 15) is 9.90 Å². The molecular formula is C21H36O3. The lowest BCUT2D eigenvalue weighted by atomic mass is 9.55. The second-order valence-electron chi connectivity index (χ2n) is 9.21.